The number of carbonyl (C=O) groups excluding carboxylic acids is 2. The van der Waals surface area contributed by atoms with Crippen molar-refractivity contribution < 1.29 is 14.3 Å². The molecule has 5 nitrogen and oxygen atoms in total. The van der Waals surface area contributed by atoms with E-state index < -0.39 is 5.97 Å². The zero-order valence-electron chi connectivity index (χ0n) is 13.5. The highest BCUT2D eigenvalue weighted by Gasteiger charge is 2.22. The molecule has 0 unspecified atom stereocenters. The van der Waals surface area contributed by atoms with Gasteiger partial charge in [-0.05, 0) is 42.8 Å². The Labute approximate surface area is 144 Å². The van der Waals surface area contributed by atoms with Crippen LogP contribution in [0.4, 0.5) is 5.69 Å². The van der Waals surface area contributed by atoms with Crippen LogP contribution in [0.15, 0.2) is 60.8 Å². The summed E-state index contributed by atoms with van der Waals surface area (Å²) in [4.78, 5) is 30.2. The van der Waals surface area contributed by atoms with Crippen molar-refractivity contribution in [3.63, 3.8) is 0 Å². The van der Waals surface area contributed by atoms with Crippen LogP contribution >= 0.6 is 0 Å². The Morgan fingerprint density at radius 1 is 1.04 bits per heavy atom. The van der Waals surface area contributed by atoms with Crippen LogP contribution in [0.25, 0.3) is 10.9 Å². The van der Waals surface area contributed by atoms with Gasteiger partial charge in [0.25, 0.3) is 0 Å². The molecule has 0 atom stereocenters. The summed E-state index contributed by atoms with van der Waals surface area (Å²) >= 11 is 0. The van der Waals surface area contributed by atoms with Crippen molar-refractivity contribution in [2.45, 2.75) is 12.8 Å². The Kier molecular flexibility index (Phi) is 3.90. The molecule has 2 aromatic carbocycles. The summed E-state index contributed by atoms with van der Waals surface area (Å²) in [7, 11) is 0. The van der Waals surface area contributed by atoms with Crippen molar-refractivity contribution in [3.8, 4) is 5.75 Å². The summed E-state index contributed by atoms with van der Waals surface area (Å²) in [6, 6.07) is 16.2. The molecule has 1 saturated heterocycles. The van der Waals surface area contributed by atoms with Gasteiger partial charge in [0.2, 0.25) is 5.91 Å². The summed E-state index contributed by atoms with van der Waals surface area (Å²) in [5.41, 5.74) is 1.90. The van der Waals surface area contributed by atoms with Crippen LogP contribution in [0.3, 0.4) is 0 Å². The summed E-state index contributed by atoms with van der Waals surface area (Å²) in [6.45, 7) is 0.726. The van der Waals surface area contributed by atoms with Gasteiger partial charge in [-0.25, -0.2) is 4.79 Å². The van der Waals surface area contributed by atoms with Crippen LogP contribution in [0, 0.1) is 0 Å². The van der Waals surface area contributed by atoms with Crippen LogP contribution in [0.1, 0.15) is 23.2 Å². The lowest BCUT2D eigenvalue weighted by Gasteiger charge is -2.15. The quantitative estimate of drug-likeness (QED) is 0.543. The Morgan fingerprint density at radius 3 is 2.60 bits per heavy atom. The molecule has 25 heavy (non-hydrogen) atoms. The van der Waals surface area contributed by atoms with Crippen LogP contribution in [0.5, 0.6) is 5.75 Å². The first-order valence-electron chi connectivity index (χ1n) is 8.19. The van der Waals surface area contributed by atoms with E-state index >= 15 is 0 Å². The number of anilines is 1. The van der Waals surface area contributed by atoms with Gasteiger partial charge in [-0.3, -0.25) is 9.78 Å². The normalized spacial score (nSPS) is 14.1. The Morgan fingerprint density at radius 2 is 1.84 bits per heavy atom. The number of benzene rings is 2. The smallest absolute Gasteiger partial charge is 0.343 e. The maximum absolute atomic E-state index is 12.4. The third kappa shape index (κ3) is 2.96. The minimum Gasteiger partial charge on any atom is -0.421 e. The molecule has 0 N–H and O–H groups in total. The van der Waals surface area contributed by atoms with Gasteiger partial charge in [-0.1, -0.05) is 18.2 Å². The number of para-hydroxylation sites is 1. The summed E-state index contributed by atoms with van der Waals surface area (Å²) < 4.78 is 5.52. The maximum Gasteiger partial charge on any atom is 0.343 e. The Balaban J connectivity index is 1.55. The fourth-order valence-electron chi connectivity index (χ4n) is 3.02. The lowest BCUT2D eigenvalue weighted by atomic mass is 10.2. The van der Waals surface area contributed by atoms with E-state index in [1.165, 1.54) is 0 Å². The summed E-state index contributed by atoms with van der Waals surface area (Å²) in [6.07, 6.45) is 3.12. The predicted octanol–water partition coefficient (Wildman–Crippen LogP) is 3.58. The number of rotatable bonds is 3. The Hall–Kier alpha value is -3.21. The highest BCUT2D eigenvalue weighted by molar-refractivity contribution is 5.97. The van der Waals surface area contributed by atoms with Gasteiger partial charge in [0.15, 0.2) is 5.75 Å². The molecular weight excluding hydrogens is 316 g/mol. The molecule has 0 bridgehead atoms. The molecule has 0 aliphatic carbocycles. The zero-order valence-corrected chi connectivity index (χ0v) is 13.5. The van der Waals surface area contributed by atoms with Crippen LogP contribution < -0.4 is 9.64 Å². The molecule has 0 radical (unpaired) electrons. The molecule has 124 valence electrons. The van der Waals surface area contributed by atoms with Crippen molar-refractivity contribution in [2.75, 3.05) is 11.4 Å². The van der Waals surface area contributed by atoms with Crippen molar-refractivity contribution >= 4 is 28.5 Å². The number of ether oxygens (including phenoxy) is 1. The van der Waals surface area contributed by atoms with Crippen molar-refractivity contribution in [1.82, 2.24) is 4.98 Å². The van der Waals surface area contributed by atoms with E-state index in [1.807, 2.05) is 24.3 Å². The first kappa shape index (κ1) is 15.3. The van der Waals surface area contributed by atoms with E-state index in [9.17, 15) is 9.59 Å². The van der Waals surface area contributed by atoms with Crippen molar-refractivity contribution in [2.24, 2.45) is 0 Å². The average Bonchev–Trinajstić information content (AvgIpc) is 3.08. The van der Waals surface area contributed by atoms with Crippen molar-refractivity contribution in [3.05, 3.63) is 66.4 Å². The molecule has 1 aliphatic heterocycles. The summed E-state index contributed by atoms with van der Waals surface area (Å²) in [5, 5.41) is 0.913. The first-order valence-corrected chi connectivity index (χ1v) is 8.19. The number of carbonyl (C=O) groups is 2. The van der Waals surface area contributed by atoms with E-state index in [2.05, 4.69) is 4.98 Å². The number of hydrogen-bond acceptors (Lipinski definition) is 4. The number of fused-ring (bicyclic) bond motifs is 1. The second kappa shape index (κ2) is 6.36. The fraction of sp³-hybridized carbons (Fsp3) is 0.150. The zero-order chi connectivity index (χ0) is 17.2. The number of nitrogens with zero attached hydrogens (tertiary/aromatic N) is 2. The van der Waals surface area contributed by atoms with E-state index in [4.69, 9.17) is 4.74 Å². The highest BCUT2D eigenvalue weighted by atomic mass is 16.5. The van der Waals surface area contributed by atoms with Gasteiger partial charge in [-0.15, -0.1) is 0 Å². The molecule has 3 aromatic rings. The molecule has 4 rings (SSSR count). The van der Waals surface area contributed by atoms with Gasteiger partial charge in [0.05, 0.1) is 5.56 Å². The molecule has 0 spiro atoms. The SMILES string of the molecule is O=C(Oc1cccc2cccnc12)c1ccc(N2CCCC2=O)cc1. The topological polar surface area (TPSA) is 59.5 Å². The third-order valence-corrected chi connectivity index (χ3v) is 4.29. The number of pyridine rings is 1. The molecule has 2 heterocycles. The van der Waals surface area contributed by atoms with E-state index in [1.54, 1.807) is 41.4 Å². The molecule has 1 aromatic heterocycles. The second-order valence-electron chi connectivity index (χ2n) is 5.92. The summed E-state index contributed by atoms with van der Waals surface area (Å²) in [5.74, 6) is 0.108. The average molecular weight is 332 g/mol. The minimum atomic E-state index is -0.447. The number of hydrogen-bond donors (Lipinski definition) is 0. The number of esters is 1. The standard InChI is InChI=1S/C20H16N2O3/c23-18-7-3-13-22(18)16-10-8-15(9-11-16)20(24)25-17-6-1-4-14-5-2-12-21-19(14)17/h1-2,4-6,8-12H,3,7,13H2. The monoisotopic (exact) mass is 332 g/mol. The minimum absolute atomic E-state index is 0.122. The third-order valence-electron chi connectivity index (χ3n) is 4.29. The van der Waals surface area contributed by atoms with Gasteiger partial charge >= 0.3 is 5.97 Å². The fourth-order valence-corrected chi connectivity index (χ4v) is 3.02. The molecule has 0 saturated carbocycles. The lowest BCUT2D eigenvalue weighted by molar-refractivity contribution is -0.117. The van der Waals surface area contributed by atoms with E-state index in [0.29, 0.717) is 23.3 Å². The molecule has 1 aliphatic rings. The molecule has 5 heteroatoms. The van der Waals surface area contributed by atoms with Crippen LogP contribution in [0.2, 0.25) is 0 Å². The van der Waals surface area contributed by atoms with Gasteiger partial charge in [-0.2, -0.15) is 0 Å². The largest absolute Gasteiger partial charge is 0.421 e. The van der Waals surface area contributed by atoms with Gasteiger partial charge in [0.1, 0.15) is 5.52 Å². The molecular formula is C20H16N2O3. The lowest BCUT2D eigenvalue weighted by Crippen LogP contribution is -2.23. The highest BCUT2D eigenvalue weighted by Crippen LogP contribution is 2.25. The van der Waals surface area contributed by atoms with Gasteiger partial charge < -0.3 is 9.64 Å². The van der Waals surface area contributed by atoms with Crippen LogP contribution in [-0.2, 0) is 4.79 Å². The van der Waals surface area contributed by atoms with E-state index in [-0.39, 0.29) is 5.91 Å². The Bertz CT molecular complexity index is 945. The maximum atomic E-state index is 12.4. The predicted molar refractivity (Wildman–Crippen MR) is 94.7 cm³/mol. The first-order chi connectivity index (χ1) is 12.2. The molecule has 1 amide bonds. The number of aromatic nitrogens is 1. The van der Waals surface area contributed by atoms with Gasteiger partial charge in [0, 0.05) is 30.2 Å². The van der Waals surface area contributed by atoms with Crippen molar-refractivity contribution in [1.29, 1.82) is 0 Å². The molecule has 1 fully saturated rings. The second-order valence-corrected chi connectivity index (χ2v) is 5.92. The van der Waals surface area contributed by atoms with E-state index in [0.717, 1.165) is 24.0 Å². The number of amides is 1. The van der Waals surface area contributed by atoms with Crippen LogP contribution in [-0.4, -0.2) is 23.4 Å².